The number of benzene rings is 1. The molecule has 2 aromatic heterocycles. The second-order valence-electron chi connectivity index (χ2n) is 5.40. The van der Waals surface area contributed by atoms with Gasteiger partial charge < -0.3 is 10.4 Å². The summed E-state index contributed by atoms with van der Waals surface area (Å²) in [6.45, 7) is 1.69. The van der Waals surface area contributed by atoms with Gasteiger partial charge in [-0.25, -0.2) is 14.8 Å². The molecule has 3 rings (SSSR count). The summed E-state index contributed by atoms with van der Waals surface area (Å²) >= 11 is 1.21. The zero-order valence-corrected chi connectivity index (χ0v) is 14.1. The Morgan fingerprint density at radius 3 is 2.62 bits per heavy atom. The highest BCUT2D eigenvalue weighted by molar-refractivity contribution is 7.14. The predicted octanol–water partition coefficient (Wildman–Crippen LogP) is 4.97. The number of alkyl halides is 3. The largest absolute Gasteiger partial charge is 0.478 e. The third-order valence-corrected chi connectivity index (χ3v) is 4.29. The van der Waals surface area contributed by atoms with Crippen LogP contribution in [-0.2, 0) is 6.18 Å². The maximum Gasteiger partial charge on any atom is 0.433 e. The Morgan fingerprint density at radius 1 is 1.19 bits per heavy atom. The summed E-state index contributed by atoms with van der Waals surface area (Å²) in [7, 11) is 0. The van der Waals surface area contributed by atoms with Gasteiger partial charge in [0.05, 0.1) is 11.3 Å². The smallest absolute Gasteiger partial charge is 0.433 e. The van der Waals surface area contributed by atoms with E-state index in [4.69, 9.17) is 5.11 Å². The number of hydrogen-bond donors (Lipinski definition) is 2. The summed E-state index contributed by atoms with van der Waals surface area (Å²) in [5.74, 6) is -0.969. The maximum absolute atomic E-state index is 12.7. The first-order valence-electron chi connectivity index (χ1n) is 7.35. The predicted molar refractivity (Wildman–Crippen MR) is 91.8 cm³/mol. The van der Waals surface area contributed by atoms with Gasteiger partial charge in [-0.15, -0.1) is 11.3 Å². The van der Waals surface area contributed by atoms with Crippen LogP contribution in [0.4, 0.5) is 24.1 Å². The molecule has 5 nitrogen and oxygen atoms in total. The quantitative estimate of drug-likeness (QED) is 0.669. The van der Waals surface area contributed by atoms with E-state index < -0.39 is 17.8 Å². The number of aromatic carboxylic acids is 1. The third-order valence-electron chi connectivity index (χ3n) is 3.53. The second kappa shape index (κ2) is 6.75. The van der Waals surface area contributed by atoms with Crippen LogP contribution in [0.15, 0.2) is 41.8 Å². The molecule has 0 aliphatic heterocycles. The lowest BCUT2D eigenvalue weighted by Gasteiger charge is -2.07. The molecule has 0 saturated heterocycles. The molecule has 2 heterocycles. The first-order valence-corrected chi connectivity index (χ1v) is 8.23. The summed E-state index contributed by atoms with van der Waals surface area (Å²) < 4.78 is 38.1. The van der Waals surface area contributed by atoms with Gasteiger partial charge in [0.25, 0.3) is 0 Å². The third kappa shape index (κ3) is 3.83. The number of anilines is 2. The molecule has 0 aliphatic carbocycles. The first kappa shape index (κ1) is 17.9. The van der Waals surface area contributed by atoms with Gasteiger partial charge in [-0.1, -0.05) is 12.1 Å². The van der Waals surface area contributed by atoms with Gasteiger partial charge in [0.15, 0.2) is 5.13 Å². The van der Waals surface area contributed by atoms with E-state index in [1.807, 2.05) is 0 Å². The molecule has 0 radical (unpaired) electrons. The van der Waals surface area contributed by atoms with E-state index in [-0.39, 0.29) is 11.4 Å². The number of carbonyl (C=O) groups is 1. The molecule has 9 heteroatoms. The molecule has 0 bridgehead atoms. The van der Waals surface area contributed by atoms with Crippen LogP contribution in [0.5, 0.6) is 0 Å². The van der Waals surface area contributed by atoms with E-state index in [0.717, 1.165) is 6.07 Å². The molecule has 3 aromatic rings. The zero-order chi connectivity index (χ0) is 18.9. The van der Waals surface area contributed by atoms with Crippen LogP contribution >= 0.6 is 11.3 Å². The number of aryl methyl sites for hydroxylation is 1. The van der Waals surface area contributed by atoms with E-state index in [9.17, 15) is 18.0 Å². The number of aromatic nitrogens is 2. The standard InChI is InChI=1S/C17H12F3N3O2S/c1-9-7-10(5-6-11(9)15(24)25)12-8-26-16(21-12)23-14-4-2-3-13(22-14)17(18,19)20/h2-8H,1H3,(H,24,25)(H,21,22,23). The minimum Gasteiger partial charge on any atom is -0.478 e. The van der Waals surface area contributed by atoms with Crippen molar-refractivity contribution in [2.75, 3.05) is 5.32 Å². The van der Waals surface area contributed by atoms with Crippen molar-refractivity contribution in [3.8, 4) is 11.3 Å². The lowest BCUT2D eigenvalue weighted by molar-refractivity contribution is -0.141. The van der Waals surface area contributed by atoms with E-state index in [1.165, 1.54) is 29.5 Å². The number of pyridine rings is 1. The molecule has 1 aromatic carbocycles. The topological polar surface area (TPSA) is 75.1 Å². The summed E-state index contributed by atoms with van der Waals surface area (Å²) in [4.78, 5) is 18.9. The molecule has 0 amide bonds. The normalized spacial score (nSPS) is 11.4. The summed E-state index contributed by atoms with van der Waals surface area (Å²) in [5.41, 5.74) is 1.12. The van der Waals surface area contributed by atoms with Crippen LogP contribution in [0.1, 0.15) is 21.6 Å². The number of nitrogens with zero attached hydrogens (tertiary/aromatic N) is 2. The van der Waals surface area contributed by atoms with Crippen molar-refractivity contribution in [2.24, 2.45) is 0 Å². The lowest BCUT2D eigenvalue weighted by Crippen LogP contribution is -2.08. The number of hydrogen-bond acceptors (Lipinski definition) is 5. The van der Waals surface area contributed by atoms with Crippen LogP contribution < -0.4 is 5.32 Å². The van der Waals surface area contributed by atoms with Gasteiger partial charge in [-0.05, 0) is 36.8 Å². The van der Waals surface area contributed by atoms with Crippen molar-refractivity contribution in [2.45, 2.75) is 13.1 Å². The highest BCUT2D eigenvalue weighted by atomic mass is 32.1. The van der Waals surface area contributed by atoms with Crippen molar-refractivity contribution in [3.05, 3.63) is 58.6 Å². The average molecular weight is 379 g/mol. The fourth-order valence-corrected chi connectivity index (χ4v) is 3.03. The molecular weight excluding hydrogens is 367 g/mol. The number of carboxylic acids is 1. The Morgan fingerprint density at radius 2 is 1.96 bits per heavy atom. The molecule has 0 saturated carbocycles. The highest BCUT2D eigenvalue weighted by Crippen LogP contribution is 2.30. The van der Waals surface area contributed by atoms with Crippen LogP contribution in [0.25, 0.3) is 11.3 Å². The minimum absolute atomic E-state index is 0.0399. The number of carboxylic acid groups (broad SMARTS) is 1. The molecular formula is C17H12F3N3O2S. The Kier molecular flexibility index (Phi) is 4.64. The zero-order valence-electron chi connectivity index (χ0n) is 13.3. The van der Waals surface area contributed by atoms with Gasteiger partial charge in [-0.2, -0.15) is 13.2 Å². The van der Waals surface area contributed by atoms with Gasteiger partial charge in [0.1, 0.15) is 11.5 Å². The van der Waals surface area contributed by atoms with E-state index in [2.05, 4.69) is 15.3 Å². The Labute approximate surface area is 150 Å². The monoisotopic (exact) mass is 379 g/mol. The Bertz CT molecular complexity index is 970. The molecule has 2 N–H and O–H groups in total. The van der Waals surface area contributed by atoms with E-state index in [0.29, 0.717) is 22.0 Å². The Balaban J connectivity index is 1.83. The first-order chi connectivity index (χ1) is 12.2. The van der Waals surface area contributed by atoms with Crippen LogP contribution in [0, 0.1) is 6.92 Å². The van der Waals surface area contributed by atoms with Gasteiger partial charge in [0, 0.05) is 10.9 Å². The van der Waals surface area contributed by atoms with Gasteiger partial charge in [-0.3, -0.25) is 0 Å². The van der Waals surface area contributed by atoms with Crippen molar-refractivity contribution in [1.82, 2.24) is 9.97 Å². The maximum atomic E-state index is 12.7. The molecule has 0 aliphatic rings. The molecule has 0 spiro atoms. The molecule has 0 atom stereocenters. The van der Waals surface area contributed by atoms with Crippen molar-refractivity contribution < 1.29 is 23.1 Å². The van der Waals surface area contributed by atoms with E-state index >= 15 is 0 Å². The van der Waals surface area contributed by atoms with Crippen molar-refractivity contribution in [3.63, 3.8) is 0 Å². The van der Waals surface area contributed by atoms with Gasteiger partial charge >= 0.3 is 12.1 Å². The molecule has 0 unspecified atom stereocenters. The highest BCUT2D eigenvalue weighted by Gasteiger charge is 2.32. The fourth-order valence-electron chi connectivity index (χ4n) is 2.30. The van der Waals surface area contributed by atoms with Crippen LogP contribution in [0.2, 0.25) is 0 Å². The van der Waals surface area contributed by atoms with Crippen LogP contribution in [0.3, 0.4) is 0 Å². The number of halogens is 3. The van der Waals surface area contributed by atoms with E-state index in [1.54, 1.807) is 24.4 Å². The van der Waals surface area contributed by atoms with Crippen molar-refractivity contribution in [1.29, 1.82) is 0 Å². The number of rotatable bonds is 4. The van der Waals surface area contributed by atoms with Crippen LogP contribution in [-0.4, -0.2) is 21.0 Å². The number of nitrogens with one attached hydrogen (secondary N) is 1. The molecule has 0 fully saturated rings. The lowest BCUT2D eigenvalue weighted by atomic mass is 10.0. The van der Waals surface area contributed by atoms with Gasteiger partial charge in [0.2, 0.25) is 0 Å². The fraction of sp³-hybridized carbons (Fsp3) is 0.118. The summed E-state index contributed by atoms with van der Waals surface area (Å²) in [5, 5.41) is 13.9. The SMILES string of the molecule is Cc1cc(-c2csc(Nc3cccc(C(F)(F)F)n3)n2)ccc1C(=O)O. The van der Waals surface area contributed by atoms with Crippen molar-refractivity contribution >= 4 is 28.3 Å². The Hall–Kier alpha value is -2.94. The minimum atomic E-state index is -4.52. The summed E-state index contributed by atoms with van der Waals surface area (Å²) in [6.07, 6.45) is -4.52. The second-order valence-corrected chi connectivity index (χ2v) is 6.26. The molecule has 134 valence electrons. The average Bonchev–Trinajstić information content (AvgIpc) is 3.02. The molecule has 26 heavy (non-hydrogen) atoms. The number of thiazole rings is 1. The summed E-state index contributed by atoms with van der Waals surface area (Å²) in [6, 6.07) is 8.41.